The van der Waals surface area contributed by atoms with Crippen molar-refractivity contribution in [2.24, 2.45) is 0 Å². The Labute approximate surface area is 150 Å². The molecule has 0 fully saturated rings. The fraction of sp³-hybridized carbons (Fsp3) is 0.100. The quantitative estimate of drug-likeness (QED) is 0.561. The molecule has 0 saturated heterocycles. The molecule has 1 aromatic carbocycles. The van der Waals surface area contributed by atoms with E-state index in [1.54, 1.807) is 24.5 Å². The molecule has 0 saturated carbocycles. The maximum Gasteiger partial charge on any atom is 0.258 e. The number of nitrogens with one attached hydrogen (secondary N) is 2. The van der Waals surface area contributed by atoms with Crippen LogP contribution in [0.5, 0.6) is 0 Å². The molecule has 6 nitrogen and oxygen atoms in total. The molecule has 0 aliphatic rings. The normalized spacial score (nSPS) is 10.3. The Morgan fingerprint density at radius 3 is 2.73 bits per heavy atom. The molecule has 0 aliphatic heterocycles. The topological polar surface area (TPSA) is 87.8 Å². The van der Waals surface area contributed by atoms with Crippen molar-refractivity contribution in [2.45, 2.75) is 13.5 Å². The van der Waals surface area contributed by atoms with Crippen molar-refractivity contribution >= 4 is 11.7 Å². The highest BCUT2D eigenvalue weighted by Gasteiger charge is 2.11. The van der Waals surface area contributed by atoms with Gasteiger partial charge in [0.05, 0.1) is 12.1 Å². The number of hydrogen-bond donors (Lipinski definition) is 2. The number of carbonyl (C=O) groups is 1. The van der Waals surface area contributed by atoms with E-state index in [0.29, 0.717) is 17.7 Å². The van der Waals surface area contributed by atoms with Crippen molar-refractivity contribution in [3.8, 4) is 0 Å². The predicted molar refractivity (Wildman–Crippen MR) is 99.5 cm³/mol. The molecule has 6 heteroatoms. The summed E-state index contributed by atoms with van der Waals surface area (Å²) in [6.07, 6.45) is 4.83. The van der Waals surface area contributed by atoms with Crippen molar-refractivity contribution in [2.75, 3.05) is 0 Å². The lowest BCUT2D eigenvalue weighted by Crippen LogP contribution is -2.32. The second kappa shape index (κ2) is 7.57. The summed E-state index contributed by atoms with van der Waals surface area (Å²) in [4.78, 5) is 28.5. The molecule has 0 aliphatic carbocycles. The molecule has 3 aromatic rings. The SMILES string of the molecule is Cc1cccc(C(=N)NC(=O)c2ccc(=O)n(Cc3cccnc3)c2)c1. The number of nitrogens with zero attached hydrogens (tertiary/aromatic N) is 2. The number of pyridine rings is 2. The summed E-state index contributed by atoms with van der Waals surface area (Å²) < 4.78 is 1.45. The van der Waals surface area contributed by atoms with E-state index in [-0.39, 0.29) is 11.4 Å². The van der Waals surface area contributed by atoms with Crippen LogP contribution in [-0.4, -0.2) is 21.3 Å². The smallest absolute Gasteiger partial charge is 0.258 e. The van der Waals surface area contributed by atoms with E-state index in [9.17, 15) is 9.59 Å². The van der Waals surface area contributed by atoms with E-state index in [2.05, 4.69) is 10.3 Å². The van der Waals surface area contributed by atoms with Crippen molar-refractivity contribution in [1.82, 2.24) is 14.9 Å². The van der Waals surface area contributed by atoms with Crippen LogP contribution in [0.4, 0.5) is 0 Å². The molecular weight excluding hydrogens is 328 g/mol. The highest BCUT2D eigenvalue weighted by atomic mass is 16.2. The van der Waals surface area contributed by atoms with Crippen LogP contribution >= 0.6 is 0 Å². The number of rotatable bonds is 4. The summed E-state index contributed by atoms with van der Waals surface area (Å²) in [7, 11) is 0. The molecule has 130 valence electrons. The zero-order valence-corrected chi connectivity index (χ0v) is 14.3. The van der Waals surface area contributed by atoms with E-state index >= 15 is 0 Å². The van der Waals surface area contributed by atoms with Gasteiger partial charge in [-0.25, -0.2) is 0 Å². The molecule has 2 heterocycles. The van der Waals surface area contributed by atoms with Gasteiger partial charge in [0, 0.05) is 30.2 Å². The van der Waals surface area contributed by atoms with E-state index in [4.69, 9.17) is 5.41 Å². The van der Waals surface area contributed by atoms with Crippen LogP contribution in [0.25, 0.3) is 0 Å². The molecule has 1 amide bonds. The monoisotopic (exact) mass is 346 g/mol. The average molecular weight is 346 g/mol. The maximum atomic E-state index is 12.4. The largest absolute Gasteiger partial charge is 0.310 e. The number of benzene rings is 1. The van der Waals surface area contributed by atoms with Crippen LogP contribution in [0.3, 0.4) is 0 Å². The van der Waals surface area contributed by atoms with Gasteiger partial charge in [-0.3, -0.25) is 20.0 Å². The Morgan fingerprint density at radius 1 is 1.15 bits per heavy atom. The number of aryl methyl sites for hydroxylation is 1. The van der Waals surface area contributed by atoms with Crippen molar-refractivity contribution in [3.63, 3.8) is 0 Å². The fourth-order valence-electron chi connectivity index (χ4n) is 2.54. The van der Waals surface area contributed by atoms with Gasteiger partial charge in [-0.1, -0.05) is 29.8 Å². The molecule has 0 atom stereocenters. The summed E-state index contributed by atoms with van der Waals surface area (Å²) in [6, 6.07) is 13.8. The molecule has 26 heavy (non-hydrogen) atoms. The molecule has 2 aromatic heterocycles. The highest BCUT2D eigenvalue weighted by molar-refractivity contribution is 6.11. The van der Waals surface area contributed by atoms with Crippen molar-refractivity contribution in [1.29, 1.82) is 5.41 Å². The van der Waals surface area contributed by atoms with Gasteiger partial charge in [0.25, 0.3) is 11.5 Å². The van der Waals surface area contributed by atoms with Gasteiger partial charge < -0.3 is 9.88 Å². The number of hydrogen-bond acceptors (Lipinski definition) is 4. The lowest BCUT2D eigenvalue weighted by Gasteiger charge is -2.10. The fourth-order valence-corrected chi connectivity index (χ4v) is 2.54. The van der Waals surface area contributed by atoms with Crippen LogP contribution in [-0.2, 0) is 6.54 Å². The molecule has 2 N–H and O–H groups in total. The van der Waals surface area contributed by atoms with E-state index < -0.39 is 5.91 Å². The molecule has 0 bridgehead atoms. The lowest BCUT2D eigenvalue weighted by molar-refractivity contribution is 0.0976. The zero-order valence-electron chi connectivity index (χ0n) is 14.3. The first-order valence-electron chi connectivity index (χ1n) is 8.09. The number of carbonyl (C=O) groups excluding carboxylic acids is 1. The van der Waals surface area contributed by atoms with Gasteiger partial charge in [0.1, 0.15) is 5.84 Å². The third kappa shape index (κ3) is 4.10. The molecule has 0 radical (unpaired) electrons. The Balaban J connectivity index is 1.78. The lowest BCUT2D eigenvalue weighted by atomic mass is 10.1. The van der Waals surface area contributed by atoms with Gasteiger partial charge in [-0.05, 0) is 30.7 Å². The van der Waals surface area contributed by atoms with Crippen LogP contribution in [0.2, 0.25) is 0 Å². The predicted octanol–water partition coefficient (Wildman–Crippen LogP) is 2.36. The summed E-state index contributed by atoms with van der Waals surface area (Å²) in [5.74, 6) is -0.417. The second-order valence-electron chi connectivity index (χ2n) is 5.94. The van der Waals surface area contributed by atoms with E-state index in [1.807, 2.05) is 31.2 Å². The van der Waals surface area contributed by atoms with Crippen LogP contribution < -0.4 is 10.9 Å². The van der Waals surface area contributed by atoms with E-state index in [1.165, 1.54) is 22.9 Å². The molecular formula is C20H18N4O2. The Bertz CT molecular complexity index is 1010. The average Bonchev–Trinajstić information content (AvgIpc) is 2.64. The van der Waals surface area contributed by atoms with Crippen LogP contribution in [0.1, 0.15) is 27.0 Å². The molecule has 3 rings (SSSR count). The van der Waals surface area contributed by atoms with Crippen molar-refractivity contribution in [3.05, 3.63) is 99.7 Å². The Morgan fingerprint density at radius 2 is 2.00 bits per heavy atom. The number of aromatic nitrogens is 2. The maximum absolute atomic E-state index is 12.4. The summed E-state index contributed by atoms with van der Waals surface area (Å²) in [6.45, 7) is 2.25. The summed E-state index contributed by atoms with van der Waals surface area (Å²) in [5, 5.41) is 10.6. The third-order valence-electron chi connectivity index (χ3n) is 3.87. The second-order valence-corrected chi connectivity index (χ2v) is 5.94. The molecule has 0 unspecified atom stereocenters. The Kier molecular flexibility index (Phi) is 5.03. The van der Waals surface area contributed by atoms with Crippen molar-refractivity contribution < 1.29 is 4.79 Å². The minimum atomic E-state index is -0.434. The first kappa shape index (κ1) is 17.3. The first-order chi connectivity index (χ1) is 12.5. The van der Waals surface area contributed by atoms with Gasteiger partial charge in [-0.2, -0.15) is 0 Å². The van der Waals surface area contributed by atoms with Gasteiger partial charge in [0.15, 0.2) is 0 Å². The molecule has 0 spiro atoms. The Hall–Kier alpha value is -3.54. The van der Waals surface area contributed by atoms with Gasteiger partial charge >= 0.3 is 0 Å². The van der Waals surface area contributed by atoms with Crippen LogP contribution in [0.15, 0.2) is 71.9 Å². The van der Waals surface area contributed by atoms with Gasteiger partial charge in [0.2, 0.25) is 0 Å². The third-order valence-corrected chi connectivity index (χ3v) is 3.87. The number of amidine groups is 1. The number of amides is 1. The van der Waals surface area contributed by atoms with E-state index in [0.717, 1.165) is 11.1 Å². The minimum Gasteiger partial charge on any atom is -0.310 e. The zero-order chi connectivity index (χ0) is 18.5. The minimum absolute atomic E-state index is 0.0173. The first-order valence-corrected chi connectivity index (χ1v) is 8.09. The van der Waals surface area contributed by atoms with Crippen LogP contribution in [0, 0.1) is 12.3 Å². The summed E-state index contributed by atoms with van der Waals surface area (Å²) >= 11 is 0. The highest BCUT2D eigenvalue weighted by Crippen LogP contribution is 2.05. The summed E-state index contributed by atoms with van der Waals surface area (Å²) in [5.41, 5.74) is 2.60. The van der Waals surface area contributed by atoms with Gasteiger partial charge in [-0.15, -0.1) is 0 Å². The standard InChI is InChI=1S/C20H18N4O2/c1-14-4-2-6-16(10-14)19(21)23-20(26)17-7-8-18(25)24(13-17)12-15-5-3-9-22-11-15/h2-11,13H,12H2,1H3,(H2,21,23,26).